The van der Waals surface area contributed by atoms with E-state index in [0.29, 0.717) is 5.70 Å². The molecule has 0 spiro atoms. The fourth-order valence-corrected chi connectivity index (χ4v) is 0.909. The molecule has 1 aliphatic heterocycles. The molecule has 1 rings (SSSR count). The molecule has 0 saturated carbocycles. The van der Waals surface area contributed by atoms with Crippen LogP contribution in [0.15, 0.2) is 11.3 Å². The van der Waals surface area contributed by atoms with Crippen molar-refractivity contribution in [3.8, 4) is 0 Å². The van der Waals surface area contributed by atoms with Gasteiger partial charge in [-0.15, -0.1) is 0 Å². The van der Waals surface area contributed by atoms with Gasteiger partial charge in [-0.3, -0.25) is 0 Å². The van der Waals surface area contributed by atoms with E-state index in [-0.39, 0.29) is 0 Å². The number of carbonyl (C=O) groups is 1. The van der Waals surface area contributed by atoms with Crippen LogP contribution < -0.4 is 5.32 Å². The van der Waals surface area contributed by atoms with Crippen LogP contribution in [0.1, 0.15) is 13.3 Å². The number of nitrogens with one attached hydrogen (secondary N) is 1. The van der Waals surface area contributed by atoms with E-state index in [0.717, 1.165) is 18.5 Å². The van der Waals surface area contributed by atoms with Crippen LogP contribution in [0, 0.1) is 0 Å². The number of aliphatic carboxylic acids is 1. The minimum atomic E-state index is -0.843. The van der Waals surface area contributed by atoms with E-state index < -0.39 is 5.97 Å². The largest absolute Gasteiger partial charge is 0.477 e. The van der Waals surface area contributed by atoms with Gasteiger partial charge < -0.3 is 10.4 Å². The Kier molecular flexibility index (Phi) is 1.42. The lowest BCUT2D eigenvalue weighted by atomic mass is 10.2. The summed E-state index contributed by atoms with van der Waals surface area (Å²) >= 11 is 0. The summed E-state index contributed by atoms with van der Waals surface area (Å²) in [6.07, 6.45) is 0.863. The highest BCUT2D eigenvalue weighted by molar-refractivity contribution is 5.87. The lowest BCUT2D eigenvalue weighted by Crippen LogP contribution is -2.15. The summed E-state index contributed by atoms with van der Waals surface area (Å²) in [6, 6.07) is 0. The summed E-state index contributed by atoms with van der Waals surface area (Å²) in [5.41, 5.74) is 1.33. The highest BCUT2D eigenvalue weighted by Crippen LogP contribution is 2.11. The molecule has 0 atom stereocenters. The lowest BCUT2D eigenvalue weighted by Gasteiger charge is -1.94. The zero-order valence-electron chi connectivity index (χ0n) is 5.27. The van der Waals surface area contributed by atoms with Crippen molar-refractivity contribution in [1.29, 1.82) is 0 Å². The SMILES string of the molecule is CC1=C(C(=O)O)NCC1. The lowest BCUT2D eigenvalue weighted by molar-refractivity contribution is -0.133. The van der Waals surface area contributed by atoms with Crippen molar-refractivity contribution >= 4 is 5.97 Å². The maximum absolute atomic E-state index is 10.3. The van der Waals surface area contributed by atoms with Crippen LogP contribution in [0.25, 0.3) is 0 Å². The molecule has 0 fully saturated rings. The Morgan fingerprint density at radius 3 is 2.67 bits per heavy atom. The second-order valence-corrected chi connectivity index (χ2v) is 2.14. The van der Waals surface area contributed by atoms with Crippen LogP contribution in [0.2, 0.25) is 0 Å². The van der Waals surface area contributed by atoms with E-state index in [1.165, 1.54) is 0 Å². The average Bonchev–Trinajstić information content (AvgIpc) is 2.13. The molecule has 3 heteroatoms. The van der Waals surface area contributed by atoms with Gasteiger partial charge in [-0.1, -0.05) is 0 Å². The summed E-state index contributed by atoms with van der Waals surface area (Å²) in [5, 5.41) is 11.2. The van der Waals surface area contributed by atoms with E-state index in [4.69, 9.17) is 5.11 Å². The number of carboxylic acids is 1. The van der Waals surface area contributed by atoms with E-state index in [1.807, 2.05) is 6.92 Å². The molecule has 1 heterocycles. The Labute approximate surface area is 53.4 Å². The predicted molar refractivity (Wildman–Crippen MR) is 33.0 cm³/mol. The number of hydrogen-bond acceptors (Lipinski definition) is 2. The molecule has 0 aliphatic carbocycles. The standard InChI is InChI=1S/C6H9NO2/c1-4-2-3-7-5(4)6(8)9/h7H,2-3H2,1H3,(H,8,9). The number of carboxylic acid groups (broad SMARTS) is 1. The highest BCUT2D eigenvalue weighted by Gasteiger charge is 2.15. The van der Waals surface area contributed by atoms with Crippen molar-refractivity contribution in [2.45, 2.75) is 13.3 Å². The van der Waals surface area contributed by atoms with Gasteiger partial charge >= 0.3 is 5.97 Å². The Hall–Kier alpha value is -0.990. The summed E-state index contributed by atoms with van der Waals surface area (Å²) in [6.45, 7) is 2.61. The van der Waals surface area contributed by atoms with Gasteiger partial charge in [-0.25, -0.2) is 4.79 Å². The van der Waals surface area contributed by atoms with Gasteiger partial charge in [-0.2, -0.15) is 0 Å². The van der Waals surface area contributed by atoms with E-state index in [1.54, 1.807) is 0 Å². The zero-order chi connectivity index (χ0) is 6.85. The maximum Gasteiger partial charge on any atom is 0.351 e. The second-order valence-electron chi connectivity index (χ2n) is 2.14. The third-order valence-corrected chi connectivity index (χ3v) is 1.44. The van der Waals surface area contributed by atoms with Crippen LogP contribution >= 0.6 is 0 Å². The molecule has 0 amide bonds. The summed E-state index contributed by atoms with van der Waals surface area (Å²) in [7, 11) is 0. The molecule has 0 saturated heterocycles. The van der Waals surface area contributed by atoms with E-state index in [9.17, 15) is 4.79 Å². The molecule has 0 bridgehead atoms. The van der Waals surface area contributed by atoms with Crippen molar-refractivity contribution in [1.82, 2.24) is 5.32 Å². The van der Waals surface area contributed by atoms with Gasteiger partial charge in [-0.05, 0) is 18.9 Å². The summed E-state index contributed by atoms with van der Waals surface area (Å²) in [4.78, 5) is 10.3. The zero-order valence-corrected chi connectivity index (χ0v) is 5.27. The monoisotopic (exact) mass is 127 g/mol. The van der Waals surface area contributed by atoms with Crippen LogP contribution in [0.4, 0.5) is 0 Å². The number of rotatable bonds is 1. The highest BCUT2D eigenvalue weighted by atomic mass is 16.4. The van der Waals surface area contributed by atoms with Gasteiger partial charge in [0.15, 0.2) is 0 Å². The van der Waals surface area contributed by atoms with Gasteiger partial charge in [0.2, 0.25) is 0 Å². The molecule has 0 aromatic rings. The van der Waals surface area contributed by atoms with Crippen molar-refractivity contribution < 1.29 is 9.90 Å². The molecule has 1 aliphatic rings. The molecule has 9 heavy (non-hydrogen) atoms. The molecule has 0 unspecified atom stereocenters. The van der Waals surface area contributed by atoms with Crippen LogP contribution in [-0.4, -0.2) is 17.6 Å². The predicted octanol–water partition coefficient (Wildman–Crippen LogP) is 0.338. The van der Waals surface area contributed by atoms with Crippen LogP contribution in [0.3, 0.4) is 0 Å². The summed E-state index contributed by atoms with van der Waals surface area (Å²) in [5.74, 6) is -0.843. The first-order valence-corrected chi connectivity index (χ1v) is 2.88. The van der Waals surface area contributed by atoms with Gasteiger partial charge in [0.05, 0.1) is 0 Å². The maximum atomic E-state index is 10.3. The van der Waals surface area contributed by atoms with Crippen LogP contribution in [0.5, 0.6) is 0 Å². The fraction of sp³-hybridized carbons (Fsp3) is 0.500. The van der Waals surface area contributed by atoms with Crippen molar-refractivity contribution in [2.24, 2.45) is 0 Å². The fourth-order valence-electron chi connectivity index (χ4n) is 0.909. The average molecular weight is 127 g/mol. The Bertz CT molecular complexity index is 172. The molecule has 0 aromatic carbocycles. The molecular formula is C6H9NO2. The first-order chi connectivity index (χ1) is 4.22. The number of hydrogen-bond donors (Lipinski definition) is 2. The molecule has 3 nitrogen and oxygen atoms in total. The molecule has 0 radical (unpaired) electrons. The molecule has 50 valence electrons. The van der Waals surface area contributed by atoms with Gasteiger partial charge in [0.1, 0.15) is 5.70 Å². The van der Waals surface area contributed by atoms with Crippen LogP contribution in [-0.2, 0) is 4.79 Å². The second kappa shape index (κ2) is 2.09. The van der Waals surface area contributed by atoms with Crippen molar-refractivity contribution in [3.05, 3.63) is 11.3 Å². The van der Waals surface area contributed by atoms with E-state index in [2.05, 4.69) is 5.32 Å². The quantitative estimate of drug-likeness (QED) is 0.534. The Balaban J connectivity index is 2.78. The van der Waals surface area contributed by atoms with Crippen molar-refractivity contribution in [3.63, 3.8) is 0 Å². The normalized spacial score (nSPS) is 17.9. The first-order valence-electron chi connectivity index (χ1n) is 2.88. The third-order valence-electron chi connectivity index (χ3n) is 1.44. The minimum Gasteiger partial charge on any atom is -0.477 e. The molecule has 2 N–H and O–H groups in total. The Morgan fingerprint density at radius 1 is 1.78 bits per heavy atom. The third kappa shape index (κ3) is 1.04. The Morgan fingerprint density at radius 2 is 2.44 bits per heavy atom. The van der Waals surface area contributed by atoms with Gasteiger partial charge in [0.25, 0.3) is 0 Å². The topological polar surface area (TPSA) is 49.3 Å². The molecule has 0 aromatic heterocycles. The summed E-state index contributed by atoms with van der Waals surface area (Å²) < 4.78 is 0. The van der Waals surface area contributed by atoms with Crippen molar-refractivity contribution in [2.75, 3.05) is 6.54 Å². The minimum absolute atomic E-state index is 0.384. The van der Waals surface area contributed by atoms with Gasteiger partial charge in [0, 0.05) is 6.54 Å². The molecular weight excluding hydrogens is 118 g/mol. The smallest absolute Gasteiger partial charge is 0.351 e. The van der Waals surface area contributed by atoms with E-state index >= 15 is 0 Å². The first kappa shape index (κ1) is 6.13.